The van der Waals surface area contributed by atoms with E-state index in [1.807, 2.05) is 30.3 Å². The van der Waals surface area contributed by atoms with Crippen LogP contribution in [0.15, 0.2) is 35.1 Å². The lowest BCUT2D eigenvalue weighted by Gasteiger charge is -2.58. The molecule has 1 fully saturated rings. The summed E-state index contributed by atoms with van der Waals surface area (Å²) in [6.45, 7) is 0.331. The summed E-state index contributed by atoms with van der Waals surface area (Å²) >= 11 is 0.943. The number of amides is 1. The van der Waals surface area contributed by atoms with Crippen molar-refractivity contribution in [3.63, 3.8) is 0 Å². The van der Waals surface area contributed by atoms with Gasteiger partial charge in [-0.05, 0) is 30.4 Å². The second kappa shape index (κ2) is 8.21. The molecule has 1 saturated heterocycles. The zero-order chi connectivity index (χ0) is 20.3. The number of H-pyrrole nitrogens is 1. The van der Waals surface area contributed by atoms with Gasteiger partial charge in [0.2, 0.25) is 11.7 Å². The van der Waals surface area contributed by atoms with Crippen LogP contribution >= 0.6 is 11.9 Å². The molecule has 0 bridgehead atoms. The second-order valence-electron chi connectivity index (χ2n) is 6.49. The van der Waals surface area contributed by atoms with Gasteiger partial charge >= 0.3 is 2.85 Å². The first kappa shape index (κ1) is 20.2. The molecular formula is C18H22N4O5S. The lowest BCUT2D eigenvalue weighted by atomic mass is 10.1. The zero-order valence-electron chi connectivity index (χ0n) is 17.3. The smallest absolute Gasteiger partial charge is 0.846 e. The van der Waals surface area contributed by atoms with Crippen molar-refractivity contribution < 1.29 is 23.0 Å². The summed E-state index contributed by atoms with van der Waals surface area (Å²) in [6.07, 6.45) is 0.863. The Bertz CT molecular complexity index is 913. The number of carbonyl (C=O) groups excluding carboxylic acids is 1. The van der Waals surface area contributed by atoms with Gasteiger partial charge in [-0.3, -0.25) is 14.6 Å². The van der Waals surface area contributed by atoms with Crippen LogP contribution in [0.4, 0.5) is 5.95 Å². The van der Waals surface area contributed by atoms with Crippen molar-refractivity contribution in [3.05, 3.63) is 51.9 Å². The Balaban J connectivity index is 0.00000225. The Morgan fingerprint density at radius 1 is 1.43 bits per heavy atom. The summed E-state index contributed by atoms with van der Waals surface area (Å²) in [7, 11) is 1.52. The van der Waals surface area contributed by atoms with Crippen LogP contribution in [0.5, 0.6) is 5.75 Å². The third-order valence-electron chi connectivity index (χ3n) is 4.37. The van der Waals surface area contributed by atoms with E-state index in [4.69, 9.17) is 0 Å². The summed E-state index contributed by atoms with van der Waals surface area (Å²) in [4.78, 5) is 32.2. The number of benzene rings is 1. The first-order chi connectivity index (χ1) is 13.3. The molecule has 2 aromatic rings. The average Bonchev–Trinajstić information content (AvgIpc) is 2.68. The lowest BCUT2D eigenvalue weighted by Crippen LogP contribution is -2.68. The monoisotopic (exact) mass is 406 g/mol. The van der Waals surface area contributed by atoms with Gasteiger partial charge in [-0.1, -0.05) is 36.8 Å². The van der Waals surface area contributed by atoms with Crippen molar-refractivity contribution in [3.8, 4) is 5.75 Å². The number of nitrogens with zero attached hydrogens (tertiary/aromatic N) is 3. The maximum atomic E-state index is 12.7. The topological polar surface area (TPSA) is 136 Å². The van der Waals surface area contributed by atoms with E-state index in [1.165, 1.54) is 11.9 Å². The predicted octanol–water partition coefficient (Wildman–Crippen LogP) is -0.362. The van der Waals surface area contributed by atoms with Crippen molar-refractivity contribution >= 4 is 23.8 Å². The number of aromatic hydroxyl groups is 1. The number of hydrogen-bond donors (Lipinski definition) is 2. The second-order valence-corrected chi connectivity index (χ2v) is 7.52. The fraction of sp³-hybridized carbons (Fsp3) is 0.389. The Kier molecular flexibility index (Phi) is 5.92. The van der Waals surface area contributed by atoms with E-state index in [0.717, 1.165) is 21.8 Å². The molecular weight excluding hydrogens is 384 g/mol. The molecule has 0 unspecified atom stereocenters. The van der Waals surface area contributed by atoms with Crippen molar-refractivity contribution in [2.45, 2.75) is 25.2 Å². The summed E-state index contributed by atoms with van der Waals surface area (Å²) in [6, 6.07) is 9.52. The van der Waals surface area contributed by atoms with Crippen LogP contribution in [0.25, 0.3) is 0 Å². The number of anilines is 1. The van der Waals surface area contributed by atoms with E-state index < -0.39 is 28.8 Å². The molecule has 1 aromatic heterocycles. The third-order valence-corrected chi connectivity index (χ3v) is 5.55. The van der Waals surface area contributed by atoms with Gasteiger partial charge in [0.05, 0.1) is 0 Å². The normalized spacial score (nSPS) is 16.0. The molecule has 28 heavy (non-hydrogen) atoms. The number of likely N-dealkylation sites (N-methyl/N-ethyl adjacent to an activating group) is 1. The molecule has 150 valence electrons. The first-order valence-electron chi connectivity index (χ1n) is 8.76. The highest BCUT2D eigenvalue weighted by atomic mass is 32.2. The van der Waals surface area contributed by atoms with Crippen LogP contribution in [0.3, 0.4) is 0 Å². The molecule has 0 spiro atoms. The minimum Gasteiger partial charge on any atom is -0.846 e. The molecule has 0 atom stereocenters. The molecule has 0 saturated carbocycles. The molecule has 1 aromatic carbocycles. The van der Waals surface area contributed by atoms with E-state index in [1.54, 1.807) is 0 Å². The highest BCUT2D eigenvalue weighted by Crippen LogP contribution is 2.31. The molecule has 1 amide bonds. The number of rotatable bonds is 5. The van der Waals surface area contributed by atoms with E-state index >= 15 is 0 Å². The maximum Gasteiger partial charge on any atom is 1.00 e. The zero-order valence-corrected chi connectivity index (χ0v) is 16.1. The molecule has 1 aliphatic rings. The third kappa shape index (κ3) is 4.29. The first-order valence-corrected chi connectivity index (χ1v) is 9.70. The minimum atomic E-state index is -2.71. The number of hydrogen-bond acceptors (Lipinski definition) is 8. The van der Waals surface area contributed by atoms with Gasteiger partial charge in [-0.25, -0.2) is 4.98 Å². The summed E-state index contributed by atoms with van der Waals surface area (Å²) in [5.74, 6) is -4.04. The summed E-state index contributed by atoms with van der Waals surface area (Å²) in [5.41, 5.74) is -0.443. The highest BCUT2D eigenvalue weighted by molar-refractivity contribution is 8.00. The Labute approximate surface area is 168 Å². The molecule has 3 rings (SSSR count). The van der Waals surface area contributed by atoms with Crippen LogP contribution in [0.1, 0.15) is 31.7 Å². The fourth-order valence-corrected chi connectivity index (χ4v) is 3.75. The number of carbonyl (C=O) groups is 1. The molecule has 1 aliphatic heterocycles. The van der Waals surface area contributed by atoms with Crippen LogP contribution < -0.4 is 20.1 Å². The number of aromatic nitrogens is 2. The van der Waals surface area contributed by atoms with Gasteiger partial charge in [0.25, 0.3) is 11.5 Å². The van der Waals surface area contributed by atoms with Crippen molar-refractivity contribution in [1.82, 2.24) is 14.9 Å². The van der Waals surface area contributed by atoms with Crippen LogP contribution in [-0.4, -0.2) is 51.1 Å². The molecule has 0 radical (unpaired) electrons. The fourth-order valence-electron chi connectivity index (χ4n) is 2.80. The summed E-state index contributed by atoms with van der Waals surface area (Å²) < 4.78 is 0.818. The van der Waals surface area contributed by atoms with Crippen LogP contribution in [0.2, 0.25) is 0 Å². The maximum absolute atomic E-state index is 12.7. The molecule has 10 heteroatoms. The summed E-state index contributed by atoms with van der Waals surface area (Å²) in [5, 5.41) is 34.3. The molecule has 0 aliphatic carbocycles. The van der Waals surface area contributed by atoms with E-state index in [-0.39, 0.29) is 15.2 Å². The standard InChI is InChI=1S/C18H20N4O5S/c1-21(10-8-12-6-3-2-4-7-12)16(25)13-14(23)15(24)20-17(19-13)22-18(26,27)9-5-11-28-22/h2-4,6-7,23H,5,8-11H2,1H3,(H,19,20,24)/q-2/p+2. The molecule has 2 heterocycles. The quantitative estimate of drug-likeness (QED) is 0.507. The van der Waals surface area contributed by atoms with Gasteiger partial charge in [0, 0.05) is 19.3 Å². The Morgan fingerprint density at radius 3 is 2.82 bits per heavy atom. The highest BCUT2D eigenvalue weighted by Gasteiger charge is 2.26. The van der Waals surface area contributed by atoms with Crippen molar-refractivity contribution in [2.24, 2.45) is 0 Å². The van der Waals surface area contributed by atoms with Gasteiger partial charge in [0.1, 0.15) is 0 Å². The average molecular weight is 406 g/mol. The molecule has 9 nitrogen and oxygen atoms in total. The Hall–Kier alpha value is -2.56. The number of nitrogens with one attached hydrogen (secondary N) is 1. The predicted molar refractivity (Wildman–Crippen MR) is 103 cm³/mol. The lowest BCUT2D eigenvalue weighted by molar-refractivity contribution is -0.717. The van der Waals surface area contributed by atoms with Crippen LogP contribution in [-0.2, 0) is 6.42 Å². The van der Waals surface area contributed by atoms with E-state index in [2.05, 4.69) is 9.97 Å². The van der Waals surface area contributed by atoms with Gasteiger partial charge in [-0.15, -0.1) is 5.91 Å². The number of aromatic amines is 1. The van der Waals surface area contributed by atoms with Gasteiger partial charge in [0.15, 0.2) is 5.69 Å². The van der Waals surface area contributed by atoms with Crippen LogP contribution in [0, 0.1) is 0 Å². The Morgan fingerprint density at radius 2 is 2.14 bits per heavy atom. The van der Waals surface area contributed by atoms with E-state index in [0.29, 0.717) is 25.1 Å². The molecule has 2 N–H and O–H groups in total. The van der Waals surface area contributed by atoms with E-state index in [9.17, 15) is 24.9 Å². The largest absolute Gasteiger partial charge is 1.00 e. The van der Waals surface area contributed by atoms with Gasteiger partial charge in [-0.2, -0.15) is 0 Å². The van der Waals surface area contributed by atoms with Crippen molar-refractivity contribution in [1.29, 1.82) is 0 Å². The van der Waals surface area contributed by atoms with Gasteiger partial charge < -0.3 is 24.5 Å². The SMILES string of the molecule is CN(CCc1ccccc1)C(=O)c1nc(N2SCCCC2([O-])[O-])[nH]c(=O)c1O.[H+].[H+]. The van der Waals surface area contributed by atoms with Crippen molar-refractivity contribution in [2.75, 3.05) is 23.7 Å². The minimum absolute atomic E-state index is 0.